The van der Waals surface area contributed by atoms with Crippen LogP contribution in [0.3, 0.4) is 0 Å². The highest BCUT2D eigenvalue weighted by atomic mass is 19.1. The maximum Gasteiger partial charge on any atom is 0.319 e. The van der Waals surface area contributed by atoms with E-state index < -0.39 is 11.6 Å². The number of pyridine rings is 1. The van der Waals surface area contributed by atoms with Gasteiger partial charge in [0.1, 0.15) is 35.2 Å². The number of carbonyl (C=O) groups is 1. The lowest BCUT2D eigenvalue weighted by molar-refractivity contribution is -0.122. The lowest BCUT2D eigenvalue weighted by Gasteiger charge is -2.35. The van der Waals surface area contributed by atoms with Crippen LogP contribution in [0.25, 0.3) is 32.9 Å². The summed E-state index contributed by atoms with van der Waals surface area (Å²) in [5.41, 5.74) is -0.363. The van der Waals surface area contributed by atoms with Gasteiger partial charge in [-0.2, -0.15) is 9.97 Å². The molecule has 3 N–H and O–H groups in total. The molecule has 4 aliphatic rings. The molecule has 0 aliphatic carbocycles. The summed E-state index contributed by atoms with van der Waals surface area (Å²) < 4.78 is 44.3. The van der Waals surface area contributed by atoms with E-state index in [0.29, 0.717) is 56.0 Å². The van der Waals surface area contributed by atoms with Gasteiger partial charge in [0, 0.05) is 62.3 Å². The lowest BCUT2D eigenvalue weighted by atomic mass is 9.94. The van der Waals surface area contributed by atoms with E-state index in [0.717, 1.165) is 32.4 Å². The number of aromatic nitrogens is 3. The quantitative estimate of drug-likeness (QED) is 0.252. The van der Waals surface area contributed by atoms with Crippen molar-refractivity contribution in [3.05, 3.63) is 47.7 Å². The summed E-state index contributed by atoms with van der Waals surface area (Å²) in [4.78, 5) is 31.0. The molecule has 13 heteroatoms. The van der Waals surface area contributed by atoms with Gasteiger partial charge in [0.25, 0.3) is 0 Å². The number of halogens is 2. The first-order valence-corrected chi connectivity index (χ1v) is 17.3. The minimum Gasteiger partial charge on any atom is -0.508 e. The molecule has 3 unspecified atom stereocenters. The van der Waals surface area contributed by atoms with E-state index in [1.54, 1.807) is 0 Å². The highest BCUT2D eigenvalue weighted by Gasteiger charge is 2.49. The Hall–Kier alpha value is -4.64. The summed E-state index contributed by atoms with van der Waals surface area (Å²) in [5, 5.41) is 18.1. The van der Waals surface area contributed by atoms with Gasteiger partial charge in [-0.25, -0.2) is 8.78 Å². The number of terminal acetylenes is 1. The van der Waals surface area contributed by atoms with E-state index in [2.05, 4.69) is 31.4 Å². The maximum atomic E-state index is 16.9. The number of nitrogens with one attached hydrogen (secondary N) is 2. The maximum absolute atomic E-state index is 16.9. The Labute approximate surface area is 289 Å². The Morgan fingerprint density at radius 1 is 1.16 bits per heavy atom. The number of carbonyl (C=O) groups excluding carboxylic acids is 1. The molecule has 3 atom stereocenters. The average molecular weight is 686 g/mol. The normalized spacial score (nSPS) is 24.1. The number of nitrogens with zero attached hydrogens (tertiary/aromatic N) is 5. The van der Waals surface area contributed by atoms with Crippen LogP contribution in [0.15, 0.2) is 30.5 Å². The fraction of sp³-hybridized carbons (Fsp3) is 0.459. The number of aromatic hydroxyl groups is 1. The monoisotopic (exact) mass is 685 g/mol. The fourth-order valence-electron chi connectivity index (χ4n) is 7.84. The van der Waals surface area contributed by atoms with Crippen LogP contribution in [-0.4, -0.2) is 101 Å². The molecule has 262 valence electrons. The number of amides is 1. The zero-order valence-electron chi connectivity index (χ0n) is 28.3. The molecule has 1 amide bonds. The van der Waals surface area contributed by atoms with Crippen LogP contribution in [0, 0.1) is 24.0 Å². The number of phenols is 1. The Morgan fingerprint density at radius 2 is 2.02 bits per heavy atom. The third kappa shape index (κ3) is 6.16. The average Bonchev–Trinajstić information content (AvgIpc) is 3.67. The molecular formula is C37H41F2N7O4. The molecular weight excluding hydrogens is 644 g/mol. The van der Waals surface area contributed by atoms with Gasteiger partial charge in [-0.3, -0.25) is 14.7 Å². The van der Waals surface area contributed by atoms with Gasteiger partial charge in [-0.15, -0.1) is 6.42 Å². The second-order valence-corrected chi connectivity index (χ2v) is 13.1. The topological polar surface area (TPSA) is 125 Å². The van der Waals surface area contributed by atoms with Crippen LogP contribution < -0.4 is 20.3 Å². The van der Waals surface area contributed by atoms with Crippen molar-refractivity contribution in [2.45, 2.75) is 57.2 Å². The summed E-state index contributed by atoms with van der Waals surface area (Å²) in [6.07, 6.45) is 10.1. The van der Waals surface area contributed by atoms with Crippen LogP contribution in [0.1, 0.15) is 45.1 Å². The van der Waals surface area contributed by atoms with E-state index >= 15 is 4.39 Å². The first-order chi connectivity index (χ1) is 24.3. The van der Waals surface area contributed by atoms with Crippen LogP contribution in [0.2, 0.25) is 0 Å². The van der Waals surface area contributed by atoms with Crippen molar-refractivity contribution in [1.29, 1.82) is 0 Å². The summed E-state index contributed by atoms with van der Waals surface area (Å²) in [6, 6.07) is 5.40. The molecule has 6 bridgehead atoms. The molecule has 6 heterocycles. The largest absolute Gasteiger partial charge is 0.508 e. The van der Waals surface area contributed by atoms with E-state index in [-0.39, 0.29) is 69.5 Å². The smallest absolute Gasteiger partial charge is 0.319 e. The van der Waals surface area contributed by atoms with Crippen molar-refractivity contribution in [2.24, 2.45) is 0 Å². The zero-order chi connectivity index (χ0) is 35.0. The predicted molar refractivity (Wildman–Crippen MR) is 186 cm³/mol. The first kappa shape index (κ1) is 33.8. The van der Waals surface area contributed by atoms with E-state index in [1.165, 1.54) is 30.5 Å². The number of hydrogen-bond donors (Lipinski definition) is 3. The summed E-state index contributed by atoms with van der Waals surface area (Å²) in [5.74, 6) is 1.19. The number of rotatable bonds is 1. The first-order valence-electron chi connectivity index (χ1n) is 17.3. The molecule has 4 aliphatic heterocycles. The number of hydrogen-bond acceptors (Lipinski definition) is 10. The van der Waals surface area contributed by atoms with Crippen LogP contribution in [0.4, 0.5) is 14.6 Å². The number of fused-ring (bicyclic) bond motifs is 9. The summed E-state index contributed by atoms with van der Waals surface area (Å²) in [7, 11) is 0. The van der Waals surface area contributed by atoms with Gasteiger partial charge in [-0.05, 0) is 49.4 Å². The highest BCUT2D eigenvalue weighted by molar-refractivity contribution is 6.03. The van der Waals surface area contributed by atoms with Gasteiger partial charge in [0.2, 0.25) is 5.91 Å². The second kappa shape index (κ2) is 13.9. The number of phenolic OH excluding ortho intramolecular Hbond substituents is 1. The SMILES string of the molecule is C#Cc1c(F)ccc2cc(O)cc(-c3ncc4c5nc(nc4c3F)OCC34CCCN3CC(C4)OCCC(=O)NCC3CN5CCN3)c12.CC. The number of ether oxygens (including phenoxy) is 2. The molecule has 4 aromatic rings. The Morgan fingerprint density at radius 3 is 2.86 bits per heavy atom. The van der Waals surface area contributed by atoms with Crippen molar-refractivity contribution in [3.8, 4) is 35.4 Å². The van der Waals surface area contributed by atoms with E-state index in [9.17, 15) is 14.3 Å². The molecule has 0 radical (unpaired) electrons. The third-order valence-corrected chi connectivity index (χ3v) is 10.1. The van der Waals surface area contributed by atoms with Gasteiger partial charge in [-0.1, -0.05) is 25.8 Å². The van der Waals surface area contributed by atoms with Crippen LogP contribution in [-0.2, 0) is 9.53 Å². The molecule has 3 fully saturated rings. The Kier molecular flexibility index (Phi) is 9.43. The van der Waals surface area contributed by atoms with Gasteiger partial charge < -0.3 is 30.1 Å². The van der Waals surface area contributed by atoms with Crippen LogP contribution in [0.5, 0.6) is 11.8 Å². The van der Waals surface area contributed by atoms with Crippen molar-refractivity contribution in [2.75, 3.05) is 57.4 Å². The van der Waals surface area contributed by atoms with Crippen molar-refractivity contribution in [1.82, 2.24) is 30.5 Å². The molecule has 1 spiro atoms. The van der Waals surface area contributed by atoms with Gasteiger partial charge in [0.05, 0.1) is 29.2 Å². The molecule has 3 saturated heterocycles. The predicted octanol–water partition coefficient (Wildman–Crippen LogP) is 4.14. The molecule has 2 aromatic heterocycles. The van der Waals surface area contributed by atoms with Crippen molar-refractivity contribution < 1.29 is 28.2 Å². The highest BCUT2D eigenvalue weighted by Crippen LogP contribution is 2.42. The second-order valence-electron chi connectivity index (χ2n) is 13.1. The Bertz CT molecular complexity index is 1990. The number of benzene rings is 2. The van der Waals surface area contributed by atoms with Gasteiger partial charge in [0.15, 0.2) is 5.82 Å². The molecule has 0 saturated carbocycles. The standard InChI is InChI=1S/C35H35F2N7O4.C2H6/c1-2-24-27(36)5-4-20-12-22(45)13-25(29(20)24)31-30(37)32-26(16-40-31)33-42-34(41-32)48-19-35-7-3-9-44(35)18-23(14-35)47-11-6-28(46)39-15-21-17-43(33)10-8-38-21;1-2/h1,4-5,12-13,16,21,23,38,45H,3,6-11,14-15,17-19H2,(H,39,46);1-2H3. The third-order valence-electron chi connectivity index (χ3n) is 10.1. The zero-order valence-corrected chi connectivity index (χ0v) is 28.3. The molecule has 2 aromatic carbocycles. The fourth-order valence-corrected chi connectivity index (χ4v) is 7.84. The van der Waals surface area contributed by atoms with Crippen molar-refractivity contribution in [3.63, 3.8) is 0 Å². The summed E-state index contributed by atoms with van der Waals surface area (Å²) >= 11 is 0. The molecule has 11 nitrogen and oxygen atoms in total. The molecule has 50 heavy (non-hydrogen) atoms. The summed E-state index contributed by atoms with van der Waals surface area (Å²) in [6.45, 7) is 8.35. The minimum atomic E-state index is -0.778. The van der Waals surface area contributed by atoms with E-state index in [1.807, 2.05) is 18.7 Å². The van der Waals surface area contributed by atoms with E-state index in [4.69, 9.17) is 20.9 Å². The van der Waals surface area contributed by atoms with Gasteiger partial charge >= 0.3 is 6.01 Å². The number of anilines is 1. The molecule has 8 rings (SSSR count). The lowest BCUT2D eigenvalue weighted by Crippen LogP contribution is -2.55. The minimum absolute atomic E-state index is 0.0233. The Balaban J connectivity index is 0.00000193. The van der Waals surface area contributed by atoms with Crippen molar-refractivity contribution >= 4 is 33.4 Å². The number of piperazine rings is 1. The van der Waals surface area contributed by atoms with Crippen LogP contribution >= 0.6 is 0 Å².